The highest BCUT2D eigenvalue weighted by molar-refractivity contribution is 6.03. The van der Waals surface area contributed by atoms with Crippen molar-refractivity contribution in [2.45, 2.75) is 32.7 Å². The van der Waals surface area contributed by atoms with Gasteiger partial charge in [0, 0.05) is 25.4 Å². The summed E-state index contributed by atoms with van der Waals surface area (Å²) in [4.78, 5) is 30.6. The molecule has 1 aromatic carbocycles. The molecule has 0 spiro atoms. The van der Waals surface area contributed by atoms with Crippen molar-refractivity contribution in [3.8, 4) is 5.75 Å². The van der Waals surface area contributed by atoms with E-state index in [1.165, 1.54) is 29.2 Å². The van der Waals surface area contributed by atoms with Crippen molar-refractivity contribution >= 4 is 17.6 Å². The Morgan fingerprint density at radius 1 is 1.42 bits per heavy atom. The second-order valence-electron chi connectivity index (χ2n) is 7.49. The van der Waals surface area contributed by atoms with Gasteiger partial charge in [-0.2, -0.15) is 4.99 Å². The summed E-state index contributed by atoms with van der Waals surface area (Å²) in [5.41, 5.74) is 5.81. The third-order valence-electron chi connectivity index (χ3n) is 4.42. The van der Waals surface area contributed by atoms with Gasteiger partial charge in [-0.05, 0) is 37.0 Å². The fraction of sp³-hybridized carbons (Fsp3) is 0.409. The van der Waals surface area contributed by atoms with E-state index in [1.807, 2.05) is 13.8 Å². The zero-order valence-corrected chi connectivity index (χ0v) is 17.8. The molecule has 1 aliphatic rings. The van der Waals surface area contributed by atoms with Crippen LogP contribution in [0.5, 0.6) is 5.75 Å². The maximum atomic E-state index is 13.8. The number of nitrogens with two attached hydrogens (primary N) is 1. The quantitative estimate of drug-likeness (QED) is 0.278. The predicted molar refractivity (Wildman–Crippen MR) is 116 cm³/mol. The monoisotopic (exact) mass is 432 g/mol. The van der Waals surface area contributed by atoms with Crippen LogP contribution in [0.3, 0.4) is 0 Å². The molecule has 1 atom stereocenters. The van der Waals surface area contributed by atoms with Gasteiger partial charge in [-0.15, -0.1) is 0 Å². The summed E-state index contributed by atoms with van der Waals surface area (Å²) in [6.45, 7) is 4.53. The first kappa shape index (κ1) is 24.1. The van der Waals surface area contributed by atoms with Crippen molar-refractivity contribution < 1.29 is 23.8 Å². The number of rotatable bonds is 11. The summed E-state index contributed by atoms with van der Waals surface area (Å²) in [5, 5.41) is 11.7. The Bertz CT molecular complexity index is 867. The van der Waals surface area contributed by atoms with Gasteiger partial charge in [-0.1, -0.05) is 26.0 Å². The molecule has 2 amide bonds. The van der Waals surface area contributed by atoms with Crippen molar-refractivity contribution in [3.05, 3.63) is 54.2 Å². The normalized spacial score (nSPS) is 15.5. The minimum absolute atomic E-state index is 0.00214. The minimum atomic E-state index is -0.820. The predicted octanol–water partition coefficient (Wildman–Crippen LogP) is 1.71. The number of hydrogen-bond donors (Lipinski definition) is 3. The Labute approximate surface area is 181 Å². The molecule has 1 aromatic rings. The Kier molecular flexibility index (Phi) is 9.20. The van der Waals surface area contributed by atoms with Crippen LogP contribution in [0, 0.1) is 11.7 Å². The third-order valence-corrected chi connectivity index (χ3v) is 4.42. The van der Waals surface area contributed by atoms with Crippen molar-refractivity contribution in [2.24, 2.45) is 16.6 Å². The van der Waals surface area contributed by atoms with Crippen LogP contribution >= 0.6 is 0 Å². The lowest BCUT2D eigenvalue weighted by Crippen LogP contribution is -2.43. The number of aliphatic hydroxyl groups is 1. The molecular formula is C22H29FN4O4. The fourth-order valence-electron chi connectivity index (χ4n) is 2.96. The molecule has 0 bridgehead atoms. The summed E-state index contributed by atoms with van der Waals surface area (Å²) in [5.74, 6) is -1.11. The molecule has 1 aliphatic heterocycles. The van der Waals surface area contributed by atoms with E-state index in [0.717, 1.165) is 0 Å². The molecule has 2 rings (SSSR count). The standard InChI is InChI=1S/C22H29FN4O4/c1-15(2)12-18(22(30)26-20(24)8-10-25-9-5-11-28)27-14-16(13-21(27)29)31-19-7-4-3-6-17(19)23/h3-4,6-8,10,13,15,18,25,28H,5,9,11-12,14H2,1-2H3,(H2,24,26,30)/b10-8-. The summed E-state index contributed by atoms with van der Waals surface area (Å²) < 4.78 is 19.4. The van der Waals surface area contributed by atoms with Gasteiger partial charge in [0.15, 0.2) is 11.6 Å². The molecule has 1 heterocycles. The third kappa shape index (κ3) is 7.53. The van der Waals surface area contributed by atoms with Crippen LogP contribution in [0.1, 0.15) is 26.7 Å². The number of para-hydroxylation sites is 1. The summed E-state index contributed by atoms with van der Waals surface area (Å²) in [6.07, 6.45) is 5.21. The molecule has 0 radical (unpaired) electrons. The number of amides is 2. The van der Waals surface area contributed by atoms with Crippen molar-refractivity contribution in [1.82, 2.24) is 10.2 Å². The Balaban J connectivity index is 2.08. The lowest BCUT2D eigenvalue weighted by atomic mass is 10.0. The number of amidine groups is 1. The number of ether oxygens (including phenoxy) is 1. The molecule has 9 heteroatoms. The van der Waals surface area contributed by atoms with E-state index >= 15 is 0 Å². The summed E-state index contributed by atoms with van der Waals surface area (Å²) >= 11 is 0. The molecule has 1 unspecified atom stereocenters. The van der Waals surface area contributed by atoms with Crippen LogP contribution in [0.15, 0.2) is 53.4 Å². The number of hydrogen-bond acceptors (Lipinski definition) is 5. The number of benzene rings is 1. The molecule has 168 valence electrons. The van der Waals surface area contributed by atoms with E-state index < -0.39 is 23.7 Å². The smallest absolute Gasteiger partial charge is 0.270 e. The number of aliphatic hydroxyl groups excluding tert-OH is 1. The Hall–Kier alpha value is -3.20. The molecule has 31 heavy (non-hydrogen) atoms. The minimum Gasteiger partial charge on any atom is -0.457 e. The van der Waals surface area contributed by atoms with Gasteiger partial charge in [-0.3, -0.25) is 9.59 Å². The fourth-order valence-corrected chi connectivity index (χ4v) is 2.96. The van der Waals surface area contributed by atoms with Crippen molar-refractivity contribution in [3.63, 3.8) is 0 Å². The van der Waals surface area contributed by atoms with Gasteiger partial charge in [-0.25, -0.2) is 4.39 Å². The first-order valence-corrected chi connectivity index (χ1v) is 10.1. The maximum Gasteiger partial charge on any atom is 0.270 e. The average Bonchev–Trinajstić information content (AvgIpc) is 3.07. The van der Waals surface area contributed by atoms with Gasteiger partial charge in [0.25, 0.3) is 11.8 Å². The van der Waals surface area contributed by atoms with E-state index in [2.05, 4.69) is 10.3 Å². The lowest BCUT2D eigenvalue weighted by molar-refractivity contribution is -0.134. The number of aliphatic imine (C=N–C) groups is 1. The van der Waals surface area contributed by atoms with Gasteiger partial charge >= 0.3 is 0 Å². The average molecular weight is 432 g/mol. The number of carbonyl (C=O) groups is 2. The van der Waals surface area contributed by atoms with Crippen LogP contribution in [0.4, 0.5) is 4.39 Å². The first-order valence-electron chi connectivity index (χ1n) is 10.1. The molecule has 0 saturated carbocycles. The SMILES string of the molecule is CC(C)CC(C(=O)N=C(N)/C=C\NCCCO)N1CC(Oc2ccccc2F)=CC1=O. The molecule has 0 aromatic heterocycles. The van der Waals surface area contributed by atoms with Gasteiger partial charge in [0.05, 0.1) is 6.54 Å². The molecule has 0 aliphatic carbocycles. The molecule has 8 nitrogen and oxygen atoms in total. The summed E-state index contributed by atoms with van der Waals surface area (Å²) in [7, 11) is 0. The van der Waals surface area contributed by atoms with Gasteiger partial charge in [0.2, 0.25) is 0 Å². The second-order valence-corrected chi connectivity index (χ2v) is 7.49. The number of nitrogens with zero attached hydrogens (tertiary/aromatic N) is 2. The zero-order chi connectivity index (χ0) is 22.8. The molecule has 4 N–H and O–H groups in total. The van der Waals surface area contributed by atoms with Gasteiger partial charge < -0.3 is 25.8 Å². The van der Waals surface area contributed by atoms with Crippen LogP contribution in [0.25, 0.3) is 0 Å². The van der Waals surface area contributed by atoms with Crippen molar-refractivity contribution in [1.29, 1.82) is 0 Å². The number of halogens is 1. The van der Waals surface area contributed by atoms with E-state index in [9.17, 15) is 14.0 Å². The zero-order valence-electron chi connectivity index (χ0n) is 17.8. The van der Waals surface area contributed by atoms with Crippen molar-refractivity contribution in [2.75, 3.05) is 19.7 Å². The lowest BCUT2D eigenvalue weighted by Gasteiger charge is -2.26. The second kappa shape index (κ2) is 11.8. The van der Waals surface area contributed by atoms with E-state index in [0.29, 0.717) is 19.4 Å². The highest BCUT2D eigenvalue weighted by Crippen LogP contribution is 2.24. The Morgan fingerprint density at radius 2 is 2.16 bits per heavy atom. The van der Waals surface area contributed by atoms with Crippen LogP contribution in [0.2, 0.25) is 0 Å². The van der Waals surface area contributed by atoms with Crippen LogP contribution in [-0.4, -0.2) is 53.4 Å². The maximum absolute atomic E-state index is 13.8. The van der Waals surface area contributed by atoms with E-state index in [-0.39, 0.29) is 36.4 Å². The number of nitrogens with one attached hydrogen (secondary N) is 1. The topological polar surface area (TPSA) is 117 Å². The van der Waals surface area contributed by atoms with E-state index in [4.69, 9.17) is 15.6 Å². The van der Waals surface area contributed by atoms with Crippen LogP contribution < -0.4 is 15.8 Å². The Morgan fingerprint density at radius 3 is 2.84 bits per heavy atom. The van der Waals surface area contributed by atoms with E-state index in [1.54, 1.807) is 18.3 Å². The highest BCUT2D eigenvalue weighted by Gasteiger charge is 2.34. The largest absolute Gasteiger partial charge is 0.457 e. The van der Waals surface area contributed by atoms with Crippen LogP contribution in [-0.2, 0) is 9.59 Å². The summed E-state index contributed by atoms with van der Waals surface area (Å²) in [6, 6.07) is 5.08. The first-order chi connectivity index (χ1) is 14.8. The number of carbonyl (C=O) groups excluding carboxylic acids is 2. The van der Waals surface area contributed by atoms with Gasteiger partial charge in [0.1, 0.15) is 17.6 Å². The molecule has 0 saturated heterocycles. The molecular weight excluding hydrogens is 403 g/mol. The molecule has 0 fully saturated rings. The highest BCUT2D eigenvalue weighted by atomic mass is 19.1.